The largest absolute Gasteiger partial charge is 0.417 e. The summed E-state index contributed by atoms with van der Waals surface area (Å²) in [6, 6.07) is 1.80. The molecular weight excluding hydrogens is 581 g/mol. The molecule has 1 saturated carbocycles. The van der Waals surface area contributed by atoms with Gasteiger partial charge < -0.3 is 16.0 Å². The molecule has 1 aliphatic carbocycles. The summed E-state index contributed by atoms with van der Waals surface area (Å²) in [5, 5.41) is 11.3. The van der Waals surface area contributed by atoms with Gasteiger partial charge in [0.2, 0.25) is 5.96 Å². The average Bonchev–Trinajstić information content (AvgIpc) is 2.90. The van der Waals surface area contributed by atoms with Gasteiger partial charge in [0.25, 0.3) is 0 Å². The van der Waals surface area contributed by atoms with Crippen LogP contribution in [0.5, 0.6) is 0 Å². The molecule has 3 N–H and O–H groups in total. The molecule has 16 heteroatoms. The molecule has 0 spiro atoms. The van der Waals surface area contributed by atoms with E-state index in [4.69, 9.17) is 5.73 Å². The molecule has 42 heavy (non-hydrogen) atoms. The van der Waals surface area contributed by atoms with Crippen LogP contribution >= 0.6 is 0 Å². The summed E-state index contributed by atoms with van der Waals surface area (Å²) in [4.78, 5) is 4.97. The molecule has 2 aromatic rings. The normalized spacial score (nSPS) is 15.4. The number of hydrazone groups is 2. The second-order valence-electron chi connectivity index (χ2n) is 9.97. The number of pyridine rings is 1. The van der Waals surface area contributed by atoms with Gasteiger partial charge in [-0.1, -0.05) is 19.3 Å². The summed E-state index contributed by atoms with van der Waals surface area (Å²) >= 11 is 0. The minimum atomic E-state index is -5.10. The van der Waals surface area contributed by atoms with E-state index in [1.54, 1.807) is 0 Å². The summed E-state index contributed by atoms with van der Waals surface area (Å²) in [5.74, 6) is -0.121. The first-order valence-electron chi connectivity index (χ1n) is 12.8. The maximum Gasteiger partial charge on any atom is 0.417 e. The Labute approximate surface area is 236 Å². The number of hydrogen-bond donors (Lipinski definition) is 2. The molecule has 232 valence electrons. The Hall–Kier alpha value is -3.72. The van der Waals surface area contributed by atoms with Gasteiger partial charge in [-0.3, -0.25) is 0 Å². The van der Waals surface area contributed by atoms with Gasteiger partial charge in [0.15, 0.2) is 0 Å². The fourth-order valence-corrected chi connectivity index (χ4v) is 4.58. The average molecular weight is 612 g/mol. The molecular formula is C26H30F9N7. The number of anilines is 1. The highest BCUT2D eigenvalue weighted by Crippen LogP contribution is 2.37. The van der Waals surface area contributed by atoms with Crippen molar-refractivity contribution >= 4 is 18.5 Å². The number of nitrogens with zero attached hydrogens (tertiary/aromatic N) is 5. The third-order valence-electron chi connectivity index (χ3n) is 6.73. The SMILES string of the molecule is C=NN(C)/N=C(\N)N(Cc1cc(C(F)(F)F)cc(C(F)(F)F)c1)Cc1cc(C(F)(F)F)cnc1NCC1CCCCC1. The zero-order valence-electron chi connectivity index (χ0n) is 22.5. The van der Waals surface area contributed by atoms with E-state index in [2.05, 4.69) is 27.2 Å². The lowest BCUT2D eigenvalue weighted by molar-refractivity contribution is -0.143. The number of hydrogen-bond acceptors (Lipinski definition) is 5. The molecule has 1 aliphatic rings. The van der Waals surface area contributed by atoms with Gasteiger partial charge in [0, 0.05) is 45.2 Å². The van der Waals surface area contributed by atoms with Crippen molar-refractivity contribution in [1.82, 2.24) is 15.0 Å². The smallest absolute Gasteiger partial charge is 0.370 e. The summed E-state index contributed by atoms with van der Waals surface area (Å²) in [6.07, 6.45) is -9.36. The van der Waals surface area contributed by atoms with E-state index in [9.17, 15) is 39.5 Å². The number of guanidine groups is 1. The lowest BCUT2D eigenvalue weighted by Gasteiger charge is -2.27. The van der Waals surface area contributed by atoms with E-state index in [0.29, 0.717) is 24.9 Å². The standard InChI is InChI=1S/C26H30F9N7/c1-37-41(2)40-23(36)42(14-17-8-19(24(27,28)29)11-20(9-17)25(30,31)32)15-18-10-21(26(33,34)35)13-39-22(18)38-12-16-6-4-3-5-7-16/h8-11,13,16H,1,3-7,12,14-15H2,2H3,(H2,36,40)(H,38,39). The number of benzene rings is 1. The minimum absolute atomic E-state index is 0.0231. The number of alkyl halides is 9. The Bertz CT molecular complexity index is 1220. The fourth-order valence-electron chi connectivity index (χ4n) is 4.58. The van der Waals surface area contributed by atoms with E-state index in [1.807, 2.05) is 0 Å². The van der Waals surface area contributed by atoms with Crippen molar-refractivity contribution in [3.8, 4) is 0 Å². The predicted molar refractivity (Wildman–Crippen MR) is 139 cm³/mol. The van der Waals surface area contributed by atoms with E-state index >= 15 is 0 Å². The van der Waals surface area contributed by atoms with Crippen LogP contribution in [-0.4, -0.2) is 41.3 Å². The van der Waals surface area contributed by atoms with Crippen molar-refractivity contribution in [2.24, 2.45) is 21.9 Å². The van der Waals surface area contributed by atoms with Crippen LogP contribution in [0.3, 0.4) is 0 Å². The number of halogens is 9. The zero-order chi connectivity index (χ0) is 31.3. The van der Waals surface area contributed by atoms with Gasteiger partial charge in [0.1, 0.15) is 5.82 Å². The van der Waals surface area contributed by atoms with Crippen LogP contribution < -0.4 is 11.1 Å². The highest BCUT2D eigenvalue weighted by Gasteiger charge is 2.37. The van der Waals surface area contributed by atoms with E-state index in [-0.39, 0.29) is 23.4 Å². The van der Waals surface area contributed by atoms with Crippen LogP contribution in [0.1, 0.15) is 59.9 Å². The molecule has 1 fully saturated rings. The number of aromatic nitrogens is 1. The van der Waals surface area contributed by atoms with Crippen LogP contribution in [0.4, 0.5) is 45.3 Å². The molecule has 7 nitrogen and oxygen atoms in total. The lowest BCUT2D eigenvalue weighted by Crippen LogP contribution is -2.38. The Morgan fingerprint density at radius 3 is 2.00 bits per heavy atom. The maximum absolute atomic E-state index is 13.6. The van der Waals surface area contributed by atoms with Crippen LogP contribution in [0.15, 0.2) is 40.7 Å². The lowest BCUT2D eigenvalue weighted by atomic mass is 9.89. The number of nitrogens with one attached hydrogen (secondary N) is 1. The van der Waals surface area contributed by atoms with E-state index in [1.165, 1.54) is 7.05 Å². The van der Waals surface area contributed by atoms with Crippen molar-refractivity contribution < 1.29 is 39.5 Å². The quantitative estimate of drug-likeness (QED) is 0.139. The third-order valence-corrected chi connectivity index (χ3v) is 6.73. The second-order valence-corrected chi connectivity index (χ2v) is 9.97. The van der Waals surface area contributed by atoms with Crippen molar-refractivity contribution in [2.75, 3.05) is 18.9 Å². The molecule has 3 rings (SSSR count). The minimum Gasteiger partial charge on any atom is -0.370 e. The molecule has 0 aliphatic heterocycles. The predicted octanol–water partition coefficient (Wildman–Crippen LogP) is 6.91. The van der Waals surface area contributed by atoms with Gasteiger partial charge in [-0.15, -0.1) is 5.10 Å². The monoisotopic (exact) mass is 611 g/mol. The molecule has 1 heterocycles. The summed E-state index contributed by atoms with van der Waals surface area (Å²) in [6.45, 7) is 2.48. The molecule has 0 bridgehead atoms. The Morgan fingerprint density at radius 1 is 0.905 bits per heavy atom. The van der Waals surface area contributed by atoms with Gasteiger partial charge in [0.05, 0.1) is 16.7 Å². The first-order chi connectivity index (χ1) is 19.5. The van der Waals surface area contributed by atoms with Crippen molar-refractivity contribution in [1.29, 1.82) is 0 Å². The topological polar surface area (TPSA) is 82.1 Å². The highest BCUT2D eigenvalue weighted by atomic mass is 19.4. The summed E-state index contributed by atoms with van der Waals surface area (Å²) < 4.78 is 122. The first-order valence-corrected chi connectivity index (χ1v) is 12.8. The highest BCUT2D eigenvalue weighted by molar-refractivity contribution is 5.78. The van der Waals surface area contributed by atoms with Crippen LogP contribution in [0.25, 0.3) is 0 Å². The molecule has 0 atom stereocenters. The third kappa shape index (κ3) is 9.14. The maximum atomic E-state index is 13.6. The fraction of sp³-hybridized carbons (Fsp3) is 0.500. The van der Waals surface area contributed by atoms with Gasteiger partial charge >= 0.3 is 18.5 Å². The van der Waals surface area contributed by atoms with Crippen LogP contribution in [0.2, 0.25) is 0 Å². The summed E-state index contributed by atoms with van der Waals surface area (Å²) in [7, 11) is 1.30. The van der Waals surface area contributed by atoms with Crippen LogP contribution in [-0.2, 0) is 31.6 Å². The van der Waals surface area contributed by atoms with Crippen molar-refractivity contribution in [3.05, 3.63) is 58.3 Å². The summed E-state index contributed by atoms with van der Waals surface area (Å²) in [5.41, 5.74) is 1.34. The van der Waals surface area contributed by atoms with E-state index in [0.717, 1.165) is 48.2 Å². The Balaban J connectivity index is 2.05. The van der Waals surface area contributed by atoms with Gasteiger partial charge in [-0.2, -0.15) is 49.7 Å². The van der Waals surface area contributed by atoms with E-state index < -0.39 is 59.8 Å². The Morgan fingerprint density at radius 2 is 1.48 bits per heavy atom. The molecule has 0 amide bonds. The van der Waals surface area contributed by atoms with Gasteiger partial charge in [-0.05, 0) is 48.6 Å². The molecule has 0 unspecified atom stereocenters. The molecule has 0 saturated heterocycles. The van der Waals surface area contributed by atoms with Crippen molar-refractivity contribution in [2.45, 2.75) is 63.7 Å². The van der Waals surface area contributed by atoms with Gasteiger partial charge in [-0.25, -0.2) is 4.98 Å². The molecule has 1 aromatic carbocycles. The number of rotatable bonds is 9. The van der Waals surface area contributed by atoms with Crippen molar-refractivity contribution in [3.63, 3.8) is 0 Å². The zero-order valence-corrected chi connectivity index (χ0v) is 22.5. The number of nitrogens with two attached hydrogens (primary N) is 1. The molecule has 1 aromatic heterocycles. The molecule has 0 radical (unpaired) electrons. The Kier molecular flexibility index (Phi) is 10.2. The van der Waals surface area contributed by atoms with Crippen LogP contribution in [0, 0.1) is 5.92 Å². The second kappa shape index (κ2) is 13.1. The first kappa shape index (κ1) is 32.8.